The Morgan fingerprint density at radius 3 is 3.10 bits per heavy atom. The van der Waals surface area contributed by atoms with Gasteiger partial charge in [0.05, 0.1) is 6.10 Å². The molecule has 2 fully saturated rings. The molecular weight excluding hydrogens is 126 g/mol. The third-order valence-electron chi connectivity index (χ3n) is 3.01. The van der Waals surface area contributed by atoms with Gasteiger partial charge in [-0.05, 0) is 32.7 Å². The standard InChI is InChI=1S/C8H15NO/c1-8-3-2-4-9(8)6-7(10)5-8/h7,10H,2-6H2,1H3/t7-,8+/m1/s1. The fraction of sp³-hybridized carbons (Fsp3) is 1.00. The van der Waals surface area contributed by atoms with E-state index in [4.69, 9.17) is 0 Å². The van der Waals surface area contributed by atoms with E-state index in [0.29, 0.717) is 5.54 Å². The zero-order chi connectivity index (χ0) is 7.19. The lowest BCUT2D eigenvalue weighted by Crippen LogP contribution is -2.34. The molecule has 0 bridgehead atoms. The van der Waals surface area contributed by atoms with Crippen LogP contribution in [0.2, 0.25) is 0 Å². The van der Waals surface area contributed by atoms with Crippen LogP contribution in [0.1, 0.15) is 26.2 Å². The predicted octanol–water partition coefficient (Wildman–Crippen LogP) is 0.605. The highest BCUT2D eigenvalue weighted by Gasteiger charge is 2.43. The maximum atomic E-state index is 9.36. The van der Waals surface area contributed by atoms with Crippen molar-refractivity contribution in [2.75, 3.05) is 13.1 Å². The smallest absolute Gasteiger partial charge is 0.0684 e. The van der Waals surface area contributed by atoms with Crippen LogP contribution in [0, 0.1) is 0 Å². The molecule has 0 saturated carbocycles. The second-order valence-corrected chi connectivity index (χ2v) is 3.90. The summed E-state index contributed by atoms with van der Waals surface area (Å²) in [5, 5.41) is 9.36. The second-order valence-electron chi connectivity index (χ2n) is 3.90. The van der Waals surface area contributed by atoms with E-state index in [1.54, 1.807) is 0 Å². The van der Waals surface area contributed by atoms with E-state index in [-0.39, 0.29) is 6.10 Å². The van der Waals surface area contributed by atoms with Crippen LogP contribution in [-0.2, 0) is 0 Å². The molecule has 0 aromatic rings. The molecule has 2 saturated heterocycles. The lowest BCUT2D eigenvalue weighted by molar-refractivity contribution is 0.177. The van der Waals surface area contributed by atoms with Crippen LogP contribution in [0.4, 0.5) is 0 Å². The number of aliphatic hydroxyl groups is 1. The fourth-order valence-corrected chi connectivity index (χ4v) is 2.45. The quantitative estimate of drug-likeness (QED) is 0.534. The Hall–Kier alpha value is -0.0800. The average molecular weight is 141 g/mol. The summed E-state index contributed by atoms with van der Waals surface area (Å²) >= 11 is 0. The normalized spacial score (nSPS) is 48.0. The van der Waals surface area contributed by atoms with Crippen LogP contribution in [0.3, 0.4) is 0 Å². The van der Waals surface area contributed by atoms with Crippen LogP contribution in [-0.4, -0.2) is 34.7 Å². The van der Waals surface area contributed by atoms with Gasteiger partial charge in [-0.1, -0.05) is 0 Å². The van der Waals surface area contributed by atoms with Crippen molar-refractivity contribution in [2.24, 2.45) is 0 Å². The van der Waals surface area contributed by atoms with Crippen LogP contribution in [0.25, 0.3) is 0 Å². The maximum absolute atomic E-state index is 9.36. The highest BCUT2D eigenvalue weighted by atomic mass is 16.3. The molecule has 2 rings (SSSR count). The van der Waals surface area contributed by atoms with Crippen molar-refractivity contribution in [3.8, 4) is 0 Å². The van der Waals surface area contributed by atoms with Crippen LogP contribution in [0.5, 0.6) is 0 Å². The lowest BCUT2D eigenvalue weighted by atomic mass is 9.96. The van der Waals surface area contributed by atoms with Gasteiger partial charge in [-0.2, -0.15) is 0 Å². The van der Waals surface area contributed by atoms with Gasteiger partial charge < -0.3 is 5.11 Å². The van der Waals surface area contributed by atoms with Crippen LogP contribution in [0.15, 0.2) is 0 Å². The largest absolute Gasteiger partial charge is 0.392 e. The second kappa shape index (κ2) is 1.95. The number of β-amino-alcohol motifs (C(OH)–C–C–N with tert-alkyl or cyclic N) is 1. The van der Waals surface area contributed by atoms with Crippen molar-refractivity contribution in [3.05, 3.63) is 0 Å². The Kier molecular flexibility index (Phi) is 1.29. The summed E-state index contributed by atoms with van der Waals surface area (Å²) in [6, 6.07) is 0. The van der Waals surface area contributed by atoms with E-state index in [1.165, 1.54) is 19.4 Å². The number of aliphatic hydroxyl groups excluding tert-OH is 1. The minimum Gasteiger partial charge on any atom is -0.392 e. The Balaban J connectivity index is 2.15. The van der Waals surface area contributed by atoms with Gasteiger partial charge in [-0.15, -0.1) is 0 Å². The molecule has 58 valence electrons. The molecule has 2 nitrogen and oxygen atoms in total. The average Bonchev–Trinajstić information content (AvgIpc) is 2.20. The van der Waals surface area contributed by atoms with E-state index >= 15 is 0 Å². The van der Waals surface area contributed by atoms with Crippen molar-refractivity contribution in [3.63, 3.8) is 0 Å². The third-order valence-corrected chi connectivity index (χ3v) is 3.01. The first kappa shape index (κ1) is 6.62. The van der Waals surface area contributed by atoms with Crippen molar-refractivity contribution < 1.29 is 5.11 Å². The third kappa shape index (κ3) is 0.789. The SMILES string of the molecule is C[C@@]12CCCN1C[C@H](O)C2. The Bertz CT molecular complexity index is 148. The number of hydrogen-bond acceptors (Lipinski definition) is 2. The minimum absolute atomic E-state index is 0.0506. The number of fused-ring (bicyclic) bond motifs is 1. The van der Waals surface area contributed by atoms with E-state index in [9.17, 15) is 5.11 Å². The molecule has 0 unspecified atom stereocenters. The van der Waals surface area contributed by atoms with Gasteiger partial charge in [0.2, 0.25) is 0 Å². The Labute approximate surface area is 61.8 Å². The molecule has 2 aliphatic heterocycles. The van der Waals surface area contributed by atoms with Gasteiger partial charge in [0, 0.05) is 12.1 Å². The Morgan fingerprint density at radius 2 is 2.40 bits per heavy atom. The van der Waals surface area contributed by atoms with Gasteiger partial charge in [0.25, 0.3) is 0 Å². The Morgan fingerprint density at radius 1 is 1.60 bits per heavy atom. The van der Waals surface area contributed by atoms with Crippen molar-refractivity contribution in [1.29, 1.82) is 0 Å². The minimum atomic E-state index is -0.0506. The molecule has 0 amide bonds. The zero-order valence-corrected chi connectivity index (χ0v) is 6.51. The molecule has 2 heterocycles. The number of nitrogens with zero attached hydrogens (tertiary/aromatic N) is 1. The molecule has 0 spiro atoms. The maximum Gasteiger partial charge on any atom is 0.0684 e. The van der Waals surface area contributed by atoms with Gasteiger partial charge in [-0.25, -0.2) is 0 Å². The zero-order valence-electron chi connectivity index (χ0n) is 6.51. The molecule has 1 N–H and O–H groups in total. The molecule has 2 aliphatic rings. The number of hydrogen-bond donors (Lipinski definition) is 1. The topological polar surface area (TPSA) is 23.5 Å². The molecule has 0 aromatic carbocycles. The van der Waals surface area contributed by atoms with E-state index in [1.807, 2.05) is 0 Å². The summed E-state index contributed by atoms with van der Waals surface area (Å²) in [7, 11) is 0. The van der Waals surface area contributed by atoms with Crippen LogP contribution < -0.4 is 0 Å². The summed E-state index contributed by atoms with van der Waals surface area (Å²) in [4.78, 5) is 2.43. The highest BCUT2D eigenvalue weighted by Crippen LogP contribution is 2.37. The van der Waals surface area contributed by atoms with Gasteiger partial charge in [0.1, 0.15) is 0 Å². The van der Waals surface area contributed by atoms with E-state index in [0.717, 1.165) is 13.0 Å². The first-order chi connectivity index (χ1) is 4.71. The van der Waals surface area contributed by atoms with Crippen molar-refractivity contribution >= 4 is 0 Å². The van der Waals surface area contributed by atoms with E-state index < -0.39 is 0 Å². The molecule has 0 aliphatic carbocycles. The van der Waals surface area contributed by atoms with Gasteiger partial charge in [-0.3, -0.25) is 4.90 Å². The highest BCUT2D eigenvalue weighted by molar-refractivity contribution is 4.99. The monoisotopic (exact) mass is 141 g/mol. The summed E-state index contributed by atoms with van der Waals surface area (Å²) in [5.74, 6) is 0. The first-order valence-corrected chi connectivity index (χ1v) is 4.14. The molecule has 2 atom stereocenters. The first-order valence-electron chi connectivity index (χ1n) is 4.14. The summed E-state index contributed by atoms with van der Waals surface area (Å²) < 4.78 is 0. The molecule has 2 heteroatoms. The van der Waals surface area contributed by atoms with Gasteiger partial charge in [0.15, 0.2) is 0 Å². The molecule has 0 radical (unpaired) electrons. The molecule has 0 aromatic heterocycles. The number of rotatable bonds is 0. The van der Waals surface area contributed by atoms with Crippen molar-refractivity contribution in [1.82, 2.24) is 4.90 Å². The summed E-state index contributed by atoms with van der Waals surface area (Å²) in [5.41, 5.74) is 0.361. The van der Waals surface area contributed by atoms with E-state index in [2.05, 4.69) is 11.8 Å². The fourth-order valence-electron chi connectivity index (χ4n) is 2.45. The lowest BCUT2D eigenvalue weighted by Gasteiger charge is -2.26. The summed E-state index contributed by atoms with van der Waals surface area (Å²) in [6.45, 7) is 4.39. The molecular formula is C8H15NO. The molecule has 10 heavy (non-hydrogen) atoms. The van der Waals surface area contributed by atoms with Gasteiger partial charge >= 0.3 is 0 Å². The summed E-state index contributed by atoms with van der Waals surface area (Å²) in [6.07, 6.45) is 3.55. The predicted molar refractivity (Wildman–Crippen MR) is 39.8 cm³/mol. The van der Waals surface area contributed by atoms with Crippen molar-refractivity contribution in [2.45, 2.75) is 37.8 Å². The van der Waals surface area contributed by atoms with Crippen LogP contribution >= 0.6 is 0 Å².